The first-order valence-corrected chi connectivity index (χ1v) is 5.25. The van der Waals surface area contributed by atoms with Crippen molar-refractivity contribution >= 4 is 11.6 Å². The van der Waals surface area contributed by atoms with Gasteiger partial charge in [0.2, 0.25) is 5.91 Å². The fourth-order valence-corrected chi connectivity index (χ4v) is 1.40. The molecule has 0 spiro atoms. The van der Waals surface area contributed by atoms with Gasteiger partial charge in [-0.15, -0.1) is 0 Å². The molecule has 1 aromatic heterocycles. The first-order chi connectivity index (χ1) is 9.08. The highest BCUT2D eigenvalue weighted by atomic mass is 16.6. The Labute approximate surface area is 107 Å². The molecule has 19 heavy (non-hydrogen) atoms. The first-order valence-electron chi connectivity index (χ1n) is 5.25. The lowest BCUT2D eigenvalue weighted by molar-refractivity contribution is -0.386. The zero-order valence-electron chi connectivity index (χ0n) is 9.65. The molecule has 0 aliphatic heterocycles. The molecule has 1 aromatic carbocycles. The van der Waals surface area contributed by atoms with Gasteiger partial charge in [0.25, 0.3) is 5.88 Å². The van der Waals surface area contributed by atoms with E-state index >= 15 is 0 Å². The van der Waals surface area contributed by atoms with Crippen LogP contribution in [0.25, 0.3) is 0 Å². The van der Waals surface area contributed by atoms with Gasteiger partial charge in [0.1, 0.15) is 5.75 Å². The number of hydrogen-bond donors (Lipinski definition) is 1. The Morgan fingerprint density at radius 3 is 2.53 bits per heavy atom. The molecular weight excluding hydrogens is 250 g/mol. The standard InChI is InChI=1S/C12H9N3O4/c13-11(16)8-3-5-9(6-4-8)19-12-10(15(17)18)2-1-7-14-12/h1-7H,(H2,13,16). The van der Waals surface area contributed by atoms with E-state index in [9.17, 15) is 14.9 Å². The second-order valence-electron chi connectivity index (χ2n) is 3.58. The van der Waals surface area contributed by atoms with Crippen molar-refractivity contribution in [3.05, 3.63) is 58.3 Å². The number of benzene rings is 1. The van der Waals surface area contributed by atoms with E-state index in [1.165, 1.54) is 42.6 Å². The van der Waals surface area contributed by atoms with Gasteiger partial charge in [0.05, 0.1) is 4.92 Å². The number of aromatic nitrogens is 1. The highest BCUT2D eigenvalue weighted by molar-refractivity contribution is 5.92. The van der Waals surface area contributed by atoms with Gasteiger partial charge >= 0.3 is 5.69 Å². The highest BCUT2D eigenvalue weighted by Crippen LogP contribution is 2.28. The van der Waals surface area contributed by atoms with Gasteiger partial charge in [-0.05, 0) is 30.3 Å². The quantitative estimate of drug-likeness (QED) is 0.666. The number of nitrogens with two attached hydrogens (primary N) is 1. The molecule has 2 rings (SSSR count). The summed E-state index contributed by atoms with van der Waals surface area (Å²) < 4.78 is 5.30. The molecule has 0 fully saturated rings. The predicted molar refractivity (Wildman–Crippen MR) is 65.9 cm³/mol. The molecule has 0 radical (unpaired) electrons. The van der Waals surface area contributed by atoms with Crippen LogP contribution in [-0.2, 0) is 0 Å². The molecule has 0 aliphatic carbocycles. The second-order valence-corrected chi connectivity index (χ2v) is 3.58. The van der Waals surface area contributed by atoms with Crippen molar-refractivity contribution in [1.82, 2.24) is 4.98 Å². The van der Waals surface area contributed by atoms with E-state index in [1.807, 2.05) is 0 Å². The molecular formula is C12H9N3O4. The van der Waals surface area contributed by atoms with E-state index in [0.717, 1.165) is 0 Å². The van der Waals surface area contributed by atoms with Crippen molar-refractivity contribution < 1.29 is 14.5 Å². The number of primary amides is 1. The Balaban J connectivity index is 2.26. The topological polar surface area (TPSA) is 108 Å². The molecule has 2 N–H and O–H groups in total. The largest absolute Gasteiger partial charge is 0.434 e. The molecule has 1 amide bonds. The Hall–Kier alpha value is -2.96. The minimum Gasteiger partial charge on any atom is -0.434 e. The number of nitro groups is 1. The van der Waals surface area contributed by atoms with Gasteiger partial charge in [-0.3, -0.25) is 14.9 Å². The fraction of sp³-hybridized carbons (Fsp3) is 0. The Morgan fingerprint density at radius 1 is 1.26 bits per heavy atom. The van der Waals surface area contributed by atoms with Gasteiger partial charge in [0, 0.05) is 17.8 Å². The van der Waals surface area contributed by atoms with Crippen LogP contribution in [-0.4, -0.2) is 15.8 Å². The van der Waals surface area contributed by atoms with Crippen molar-refractivity contribution in [2.24, 2.45) is 5.73 Å². The summed E-state index contributed by atoms with van der Waals surface area (Å²) in [5, 5.41) is 10.8. The smallest absolute Gasteiger partial charge is 0.331 e. The first kappa shape index (κ1) is 12.5. The maximum Gasteiger partial charge on any atom is 0.331 e. The minimum atomic E-state index is -0.583. The normalized spacial score (nSPS) is 9.89. The summed E-state index contributed by atoms with van der Waals surface area (Å²) in [5.74, 6) is -0.346. The van der Waals surface area contributed by atoms with Crippen molar-refractivity contribution in [2.45, 2.75) is 0 Å². The van der Waals surface area contributed by atoms with E-state index in [0.29, 0.717) is 11.3 Å². The SMILES string of the molecule is NC(=O)c1ccc(Oc2ncccc2[N+](=O)[O-])cc1. The van der Waals surface area contributed by atoms with Crippen molar-refractivity contribution in [3.63, 3.8) is 0 Å². The maximum absolute atomic E-state index is 10.9. The highest BCUT2D eigenvalue weighted by Gasteiger charge is 2.16. The van der Waals surface area contributed by atoms with E-state index in [4.69, 9.17) is 10.5 Å². The molecule has 7 nitrogen and oxygen atoms in total. The average molecular weight is 259 g/mol. The number of carbonyl (C=O) groups is 1. The Kier molecular flexibility index (Phi) is 3.37. The molecule has 96 valence electrons. The van der Waals surface area contributed by atoms with Crippen LogP contribution < -0.4 is 10.5 Å². The number of rotatable bonds is 4. The molecule has 0 atom stereocenters. The third-order valence-corrected chi connectivity index (χ3v) is 2.30. The molecule has 0 saturated heterocycles. The van der Waals surface area contributed by atoms with E-state index in [1.54, 1.807) is 0 Å². The average Bonchev–Trinajstić information content (AvgIpc) is 2.39. The van der Waals surface area contributed by atoms with Crippen LogP contribution in [0.4, 0.5) is 5.69 Å². The van der Waals surface area contributed by atoms with Crippen LogP contribution in [0.5, 0.6) is 11.6 Å². The van der Waals surface area contributed by atoms with Gasteiger partial charge in [0.15, 0.2) is 0 Å². The molecule has 1 heterocycles. The molecule has 2 aromatic rings. The summed E-state index contributed by atoms with van der Waals surface area (Å²) in [5.41, 5.74) is 5.19. The summed E-state index contributed by atoms with van der Waals surface area (Å²) in [6.45, 7) is 0. The summed E-state index contributed by atoms with van der Waals surface area (Å²) in [7, 11) is 0. The minimum absolute atomic E-state index is 0.112. The van der Waals surface area contributed by atoms with E-state index in [-0.39, 0.29) is 11.6 Å². The van der Waals surface area contributed by atoms with Gasteiger partial charge < -0.3 is 10.5 Å². The molecule has 0 unspecified atom stereocenters. The second kappa shape index (κ2) is 5.13. The lowest BCUT2D eigenvalue weighted by Gasteiger charge is -2.05. The number of amides is 1. The lowest BCUT2D eigenvalue weighted by atomic mass is 10.2. The maximum atomic E-state index is 10.9. The predicted octanol–water partition coefficient (Wildman–Crippen LogP) is 1.88. The zero-order valence-corrected chi connectivity index (χ0v) is 9.65. The summed E-state index contributed by atoms with van der Waals surface area (Å²) in [4.78, 5) is 24.9. The number of hydrogen-bond acceptors (Lipinski definition) is 5. The molecule has 0 saturated carbocycles. The van der Waals surface area contributed by atoms with Crippen LogP contribution in [0.1, 0.15) is 10.4 Å². The Morgan fingerprint density at radius 2 is 1.95 bits per heavy atom. The van der Waals surface area contributed by atoms with Crippen molar-refractivity contribution in [3.8, 4) is 11.6 Å². The summed E-state index contributed by atoms with van der Waals surface area (Å²) in [6, 6.07) is 8.64. The molecule has 0 bridgehead atoms. The fourth-order valence-electron chi connectivity index (χ4n) is 1.40. The number of pyridine rings is 1. The Bertz CT molecular complexity index is 625. The van der Waals surface area contributed by atoms with Crippen LogP contribution in [0.2, 0.25) is 0 Å². The molecule has 0 aliphatic rings. The van der Waals surface area contributed by atoms with E-state index < -0.39 is 10.8 Å². The number of carbonyl (C=O) groups excluding carboxylic acids is 1. The van der Waals surface area contributed by atoms with Crippen molar-refractivity contribution in [1.29, 1.82) is 0 Å². The summed E-state index contributed by atoms with van der Waals surface area (Å²) >= 11 is 0. The monoisotopic (exact) mass is 259 g/mol. The van der Waals surface area contributed by atoms with Crippen LogP contribution in [0, 0.1) is 10.1 Å². The third kappa shape index (κ3) is 2.83. The van der Waals surface area contributed by atoms with E-state index in [2.05, 4.69) is 4.98 Å². The zero-order chi connectivity index (χ0) is 13.8. The van der Waals surface area contributed by atoms with Gasteiger partial charge in [-0.2, -0.15) is 0 Å². The lowest BCUT2D eigenvalue weighted by Crippen LogP contribution is -2.10. The van der Waals surface area contributed by atoms with Gasteiger partial charge in [-0.25, -0.2) is 4.98 Å². The van der Waals surface area contributed by atoms with Crippen LogP contribution >= 0.6 is 0 Å². The van der Waals surface area contributed by atoms with Crippen LogP contribution in [0.3, 0.4) is 0 Å². The summed E-state index contributed by atoms with van der Waals surface area (Å²) in [6.07, 6.45) is 1.39. The van der Waals surface area contributed by atoms with Crippen molar-refractivity contribution in [2.75, 3.05) is 0 Å². The van der Waals surface area contributed by atoms with Crippen LogP contribution in [0.15, 0.2) is 42.6 Å². The third-order valence-electron chi connectivity index (χ3n) is 2.30. The molecule has 7 heteroatoms. The van der Waals surface area contributed by atoms with Gasteiger partial charge in [-0.1, -0.05) is 0 Å². The number of ether oxygens (including phenoxy) is 1. The number of nitrogens with zero attached hydrogens (tertiary/aromatic N) is 2.